The summed E-state index contributed by atoms with van der Waals surface area (Å²) in [5.41, 5.74) is 7.41. The molecule has 8 heteroatoms. The number of para-hydroxylation sites is 1. The molecule has 2 aromatic carbocycles. The summed E-state index contributed by atoms with van der Waals surface area (Å²) in [6.07, 6.45) is 0.736. The van der Waals surface area contributed by atoms with Crippen LogP contribution in [0.1, 0.15) is 39.2 Å². The van der Waals surface area contributed by atoms with Gasteiger partial charge in [0.25, 0.3) is 0 Å². The average Bonchev–Trinajstić information content (AvgIpc) is 3.05. The van der Waals surface area contributed by atoms with Crippen molar-refractivity contribution in [2.24, 2.45) is 11.1 Å². The molecule has 1 unspecified atom stereocenters. The summed E-state index contributed by atoms with van der Waals surface area (Å²) >= 11 is 3.51. The van der Waals surface area contributed by atoms with Crippen LogP contribution in [0, 0.1) is 5.41 Å². The summed E-state index contributed by atoms with van der Waals surface area (Å²) in [6, 6.07) is 14.6. The van der Waals surface area contributed by atoms with E-state index in [1.165, 1.54) is 0 Å². The fraction of sp³-hybridized carbons (Fsp3) is 0.296. The van der Waals surface area contributed by atoms with E-state index in [9.17, 15) is 14.4 Å². The standard InChI is InChI=1S/C27H26BrN3O4/c1-4-35-24(33)22-23(29)31(16-9-7-8-15(28)12-16)19-13-26(2,3)14-20(32)21(19)27(22)17-10-5-6-11-18(17)30-25(27)34/h5-12H,4,13-14,29H2,1-3H3,(H,30,34). The number of nitrogens with two attached hydrogens (primary N) is 1. The molecule has 1 amide bonds. The van der Waals surface area contributed by atoms with E-state index in [2.05, 4.69) is 21.2 Å². The minimum atomic E-state index is -1.68. The lowest BCUT2D eigenvalue weighted by Crippen LogP contribution is -2.54. The fourth-order valence-electron chi connectivity index (χ4n) is 5.60. The van der Waals surface area contributed by atoms with Gasteiger partial charge in [-0.05, 0) is 43.0 Å². The van der Waals surface area contributed by atoms with Gasteiger partial charge in [0.1, 0.15) is 16.8 Å². The number of ether oxygens (including phenoxy) is 1. The van der Waals surface area contributed by atoms with E-state index in [0.29, 0.717) is 29.1 Å². The molecule has 2 heterocycles. The second kappa shape index (κ2) is 8.09. The first-order valence-corrected chi connectivity index (χ1v) is 12.3. The summed E-state index contributed by atoms with van der Waals surface area (Å²) in [5, 5.41) is 2.89. The molecule has 0 saturated carbocycles. The molecule has 1 spiro atoms. The van der Waals surface area contributed by atoms with Gasteiger partial charge < -0.3 is 15.8 Å². The van der Waals surface area contributed by atoms with E-state index >= 15 is 0 Å². The van der Waals surface area contributed by atoms with Gasteiger partial charge in [0, 0.05) is 39.1 Å². The molecule has 0 aromatic heterocycles. The predicted molar refractivity (Wildman–Crippen MR) is 136 cm³/mol. The molecule has 1 aliphatic carbocycles. The predicted octanol–water partition coefficient (Wildman–Crippen LogP) is 4.54. The van der Waals surface area contributed by atoms with Gasteiger partial charge >= 0.3 is 5.97 Å². The number of Topliss-reactive ketones (excluding diaryl/α,β-unsaturated/α-hetero) is 1. The SMILES string of the molecule is CCOC(=O)C1=C(N)N(c2cccc(Br)c2)C2=C(C(=O)CC(C)(C)C2)C12C(=O)Nc1ccccc12. The Balaban J connectivity index is 1.92. The number of benzene rings is 2. The number of carbonyl (C=O) groups excluding carboxylic acids is 3. The van der Waals surface area contributed by atoms with Gasteiger partial charge in [-0.3, -0.25) is 14.5 Å². The lowest BCUT2D eigenvalue weighted by Gasteiger charge is -2.47. The number of amides is 1. The average molecular weight is 536 g/mol. The van der Waals surface area contributed by atoms with Gasteiger partial charge in [0.05, 0.1) is 6.61 Å². The maximum Gasteiger partial charge on any atom is 0.339 e. The molecule has 0 fully saturated rings. The number of hydrogen-bond acceptors (Lipinski definition) is 6. The Kier molecular flexibility index (Phi) is 5.40. The number of anilines is 2. The molecule has 0 bridgehead atoms. The molecule has 35 heavy (non-hydrogen) atoms. The number of hydrogen-bond donors (Lipinski definition) is 2. The smallest absolute Gasteiger partial charge is 0.339 e. The summed E-state index contributed by atoms with van der Waals surface area (Å²) in [5.74, 6) is -1.30. The molecular weight excluding hydrogens is 510 g/mol. The van der Waals surface area contributed by atoms with Crippen LogP contribution in [0.25, 0.3) is 0 Å². The largest absolute Gasteiger partial charge is 0.462 e. The highest BCUT2D eigenvalue weighted by molar-refractivity contribution is 9.10. The molecule has 2 aliphatic heterocycles. The number of ketones is 1. The highest BCUT2D eigenvalue weighted by Crippen LogP contribution is 2.57. The van der Waals surface area contributed by atoms with Crippen LogP contribution in [-0.2, 0) is 24.5 Å². The second-order valence-corrected chi connectivity index (χ2v) is 10.7. The first kappa shape index (κ1) is 23.4. The minimum absolute atomic E-state index is 0.0337. The van der Waals surface area contributed by atoms with Crippen LogP contribution in [0.3, 0.4) is 0 Å². The first-order valence-electron chi connectivity index (χ1n) is 11.5. The Bertz CT molecular complexity index is 1360. The highest BCUT2D eigenvalue weighted by Gasteiger charge is 2.62. The Labute approximate surface area is 212 Å². The Morgan fingerprint density at radius 2 is 1.89 bits per heavy atom. The van der Waals surface area contributed by atoms with Gasteiger partial charge in [0.2, 0.25) is 5.91 Å². The zero-order valence-corrected chi connectivity index (χ0v) is 21.4. The number of allylic oxidation sites excluding steroid dienone is 1. The molecule has 0 saturated heterocycles. The van der Waals surface area contributed by atoms with Crippen LogP contribution in [0.2, 0.25) is 0 Å². The van der Waals surface area contributed by atoms with Crippen molar-refractivity contribution in [1.82, 2.24) is 0 Å². The van der Waals surface area contributed by atoms with Crippen LogP contribution in [-0.4, -0.2) is 24.3 Å². The van der Waals surface area contributed by atoms with Crippen LogP contribution in [0.4, 0.5) is 11.4 Å². The van der Waals surface area contributed by atoms with Crippen molar-refractivity contribution in [1.29, 1.82) is 0 Å². The van der Waals surface area contributed by atoms with E-state index in [1.54, 1.807) is 36.1 Å². The number of nitrogens with zero attached hydrogens (tertiary/aromatic N) is 1. The number of halogens is 1. The van der Waals surface area contributed by atoms with Gasteiger partial charge in [-0.1, -0.05) is 54.0 Å². The molecule has 7 nitrogen and oxygen atoms in total. The van der Waals surface area contributed by atoms with Crippen molar-refractivity contribution in [3.63, 3.8) is 0 Å². The lowest BCUT2D eigenvalue weighted by molar-refractivity contribution is -0.140. The Morgan fingerprint density at radius 3 is 2.60 bits per heavy atom. The van der Waals surface area contributed by atoms with E-state index in [1.807, 2.05) is 38.1 Å². The van der Waals surface area contributed by atoms with E-state index in [0.717, 1.165) is 4.47 Å². The normalized spacial score (nSPS) is 22.8. The summed E-state index contributed by atoms with van der Waals surface area (Å²) < 4.78 is 6.25. The number of esters is 1. The van der Waals surface area contributed by atoms with Crippen LogP contribution >= 0.6 is 15.9 Å². The van der Waals surface area contributed by atoms with Gasteiger partial charge in [-0.25, -0.2) is 4.79 Å². The molecule has 0 radical (unpaired) electrons. The molecule has 2 aromatic rings. The number of fused-ring (bicyclic) bond motifs is 3. The van der Waals surface area contributed by atoms with E-state index in [-0.39, 0.29) is 41.2 Å². The third-order valence-corrected chi connectivity index (χ3v) is 7.33. The molecule has 5 rings (SSSR count). The van der Waals surface area contributed by atoms with Crippen molar-refractivity contribution in [3.05, 3.63) is 81.2 Å². The summed E-state index contributed by atoms with van der Waals surface area (Å²) in [4.78, 5) is 43.2. The third-order valence-electron chi connectivity index (χ3n) is 6.84. The van der Waals surface area contributed by atoms with E-state index < -0.39 is 17.3 Å². The molecule has 1 atom stereocenters. The molecule has 3 aliphatic rings. The molecule has 3 N–H and O–H groups in total. The van der Waals surface area contributed by atoms with Crippen molar-refractivity contribution >= 4 is 45.0 Å². The van der Waals surface area contributed by atoms with Gasteiger partial charge in [0.15, 0.2) is 5.78 Å². The Hall–Kier alpha value is -3.39. The number of carbonyl (C=O) groups is 3. The van der Waals surface area contributed by atoms with Crippen LogP contribution in [0.5, 0.6) is 0 Å². The van der Waals surface area contributed by atoms with Crippen LogP contribution < -0.4 is 16.0 Å². The molecular formula is C27H26BrN3O4. The third kappa shape index (κ3) is 3.34. The van der Waals surface area contributed by atoms with Gasteiger partial charge in [-0.15, -0.1) is 0 Å². The maximum absolute atomic E-state index is 13.9. The van der Waals surface area contributed by atoms with Crippen molar-refractivity contribution in [2.75, 3.05) is 16.8 Å². The quantitative estimate of drug-likeness (QED) is 0.559. The van der Waals surface area contributed by atoms with Crippen molar-refractivity contribution in [3.8, 4) is 0 Å². The van der Waals surface area contributed by atoms with E-state index in [4.69, 9.17) is 10.5 Å². The highest BCUT2D eigenvalue weighted by atomic mass is 79.9. The van der Waals surface area contributed by atoms with Crippen molar-refractivity contribution in [2.45, 2.75) is 39.0 Å². The number of rotatable bonds is 3. The summed E-state index contributed by atoms with van der Waals surface area (Å²) in [6.45, 7) is 5.82. The molecule has 180 valence electrons. The van der Waals surface area contributed by atoms with Gasteiger partial charge in [-0.2, -0.15) is 0 Å². The second-order valence-electron chi connectivity index (χ2n) is 9.81. The zero-order valence-electron chi connectivity index (χ0n) is 19.8. The summed E-state index contributed by atoms with van der Waals surface area (Å²) in [7, 11) is 0. The maximum atomic E-state index is 13.9. The topological polar surface area (TPSA) is 102 Å². The lowest BCUT2D eigenvalue weighted by atomic mass is 9.60. The van der Waals surface area contributed by atoms with Crippen molar-refractivity contribution < 1.29 is 19.1 Å². The minimum Gasteiger partial charge on any atom is -0.462 e. The zero-order chi connectivity index (χ0) is 25.1. The first-order chi connectivity index (χ1) is 16.6. The monoisotopic (exact) mass is 535 g/mol. The fourth-order valence-corrected chi connectivity index (χ4v) is 5.99. The van der Waals surface area contributed by atoms with Crippen LogP contribution in [0.15, 0.2) is 75.7 Å². The Morgan fingerprint density at radius 1 is 1.14 bits per heavy atom. The number of nitrogens with one attached hydrogen (secondary N) is 1.